The first-order valence-electron chi connectivity index (χ1n) is 6.83. The fourth-order valence-electron chi connectivity index (χ4n) is 2.83. The number of hydrogen-bond donors (Lipinski definition) is 1. The van der Waals surface area contributed by atoms with Gasteiger partial charge in [-0.05, 0) is 42.9 Å². The van der Waals surface area contributed by atoms with E-state index >= 15 is 0 Å². The molecule has 1 aromatic carbocycles. The third-order valence-electron chi connectivity index (χ3n) is 3.84. The standard InChI is InChI=1S/C15H17ClF2O2/c16-11(15(19)20)6-9-7-12(17)14(13(18)8-9)10-4-2-1-3-5-10/h7-8,10-11H,1-6H2,(H,19,20). The Morgan fingerprint density at radius 3 is 2.30 bits per heavy atom. The minimum atomic E-state index is -1.19. The lowest BCUT2D eigenvalue weighted by Crippen LogP contribution is -2.17. The zero-order chi connectivity index (χ0) is 14.7. The first-order chi connectivity index (χ1) is 9.49. The van der Waals surface area contributed by atoms with Gasteiger partial charge in [-0.1, -0.05) is 19.3 Å². The highest BCUT2D eigenvalue weighted by molar-refractivity contribution is 6.29. The van der Waals surface area contributed by atoms with Crippen molar-refractivity contribution in [3.63, 3.8) is 0 Å². The number of rotatable bonds is 4. The van der Waals surface area contributed by atoms with Gasteiger partial charge in [-0.25, -0.2) is 8.78 Å². The molecule has 110 valence electrons. The summed E-state index contributed by atoms with van der Waals surface area (Å²) in [5.74, 6) is -2.42. The highest BCUT2D eigenvalue weighted by Gasteiger charge is 2.24. The van der Waals surface area contributed by atoms with Crippen LogP contribution >= 0.6 is 11.6 Å². The van der Waals surface area contributed by atoms with E-state index in [-0.39, 0.29) is 23.5 Å². The van der Waals surface area contributed by atoms with Crippen LogP contribution in [0.1, 0.15) is 49.1 Å². The van der Waals surface area contributed by atoms with E-state index in [9.17, 15) is 13.6 Å². The Morgan fingerprint density at radius 2 is 1.80 bits per heavy atom. The predicted molar refractivity (Wildman–Crippen MR) is 73.2 cm³/mol. The number of hydrogen-bond acceptors (Lipinski definition) is 1. The van der Waals surface area contributed by atoms with E-state index in [0.29, 0.717) is 0 Å². The van der Waals surface area contributed by atoms with Crippen LogP contribution in [0.15, 0.2) is 12.1 Å². The van der Waals surface area contributed by atoms with E-state index in [0.717, 1.165) is 32.1 Å². The van der Waals surface area contributed by atoms with Gasteiger partial charge in [0.1, 0.15) is 17.0 Å². The van der Waals surface area contributed by atoms with Crippen molar-refractivity contribution in [3.05, 3.63) is 34.9 Å². The Kier molecular flexibility index (Phi) is 4.97. The molecule has 1 aromatic rings. The van der Waals surface area contributed by atoms with Gasteiger partial charge in [-0.15, -0.1) is 11.6 Å². The van der Waals surface area contributed by atoms with Crippen LogP contribution in [0.2, 0.25) is 0 Å². The molecule has 2 nitrogen and oxygen atoms in total. The molecule has 0 aromatic heterocycles. The molecule has 5 heteroatoms. The molecule has 20 heavy (non-hydrogen) atoms. The van der Waals surface area contributed by atoms with Crippen LogP contribution in [-0.2, 0) is 11.2 Å². The molecule has 1 aliphatic carbocycles. The van der Waals surface area contributed by atoms with Crippen LogP contribution in [0.4, 0.5) is 8.78 Å². The number of halogens is 3. The lowest BCUT2D eigenvalue weighted by atomic mass is 9.83. The minimum Gasteiger partial charge on any atom is -0.480 e. The molecule has 1 aliphatic rings. The molecule has 0 aliphatic heterocycles. The number of carboxylic acid groups (broad SMARTS) is 1. The van der Waals surface area contributed by atoms with E-state index < -0.39 is 23.0 Å². The highest BCUT2D eigenvalue weighted by atomic mass is 35.5. The number of alkyl halides is 1. The molecule has 0 bridgehead atoms. The minimum absolute atomic E-state index is 0.0657. The van der Waals surface area contributed by atoms with Crippen molar-refractivity contribution < 1.29 is 18.7 Å². The second kappa shape index (κ2) is 6.53. The van der Waals surface area contributed by atoms with Gasteiger partial charge in [-0.2, -0.15) is 0 Å². The summed E-state index contributed by atoms with van der Waals surface area (Å²) in [7, 11) is 0. The summed E-state index contributed by atoms with van der Waals surface area (Å²) in [6, 6.07) is 2.43. The molecule has 0 radical (unpaired) electrons. The molecule has 2 rings (SSSR count). The van der Waals surface area contributed by atoms with Crippen molar-refractivity contribution >= 4 is 17.6 Å². The summed E-state index contributed by atoms with van der Waals surface area (Å²) in [5, 5.41) is 7.55. The van der Waals surface area contributed by atoms with E-state index in [4.69, 9.17) is 16.7 Å². The lowest BCUT2D eigenvalue weighted by molar-refractivity contribution is -0.136. The summed E-state index contributed by atoms with van der Waals surface area (Å²) in [6.07, 6.45) is 4.63. The summed E-state index contributed by atoms with van der Waals surface area (Å²) >= 11 is 5.60. The van der Waals surface area contributed by atoms with Gasteiger partial charge in [0.05, 0.1) is 0 Å². The smallest absolute Gasteiger partial charge is 0.321 e. The van der Waals surface area contributed by atoms with Gasteiger partial charge in [0.15, 0.2) is 0 Å². The fourth-order valence-corrected chi connectivity index (χ4v) is 3.01. The Bertz CT molecular complexity index is 476. The third kappa shape index (κ3) is 3.48. The van der Waals surface area contributed by atoms with Gasteiger partial charge in [0.2, 0.25) is 0 Å². The molecule has 0 spiro atoms. The lowest BCUT2D eigenvalue weighted by Gasteiger charge is -2.23. The zero-order valence-electron chi connectivity index (χ0n) is 11.0. The summed E-state index contributed by atoms with van der Waals surface area (Å²) in [4.78, 5) is 10.7. The number of aliphatic carboxylic acids is 1. The summed E-state index contributed by atoms with van der Waals surface area (Å²) in [5.41, 5.74) is 0.428. The van der Waals surface area contributed by atoms with Crippen molar-refractivity contribution in [2.75, 3.05) is 0 Å². The van der Waals surface area contributed by atoms with E-state index in [1.807, 2.05) is 0 Å². The number of carbonyl (C=O) groups is 1. The molecule has 1 atom stereocenters. The SMILES string of the molecule is O=C(O)C(Cl)Cc1cc(F)c(C2CCCCC2)c(F)c1. The molecule has 0 amide bonds. The maximum absolute atomic E-state index is 14.1. The van der Waals surface area contributed by atoms with Crippen molar-refractivity contribution in [2.45, 2.75) is 49.8 Å². The third-order valence-corrected chi connectivity index (χ3v) is 4.18. The van der Waals surface area contributed by atoms with Gasteiger partial charge in [0, 0.05) is 5.56 Å². The maximum atomic E-state index is 14.1. The topological polar surface area (TPSA) is 37.3 Å². The van der Waals surface area contributed by atoms with Crippen molar-refractivity contribution in [1.29, 1.82) is 0 Å². The molecular formula is C15H17ClF2O2. The van der Waals surface area contributed by atoms with E-state index in [1.165, 1.54) is 12.1 Å². The Balaban J connectivity index is 2.22. The van der Waals surface area contributed by atoms with Crippen LogP contribution in [0.25, 0.3) is 0 Å². The molecule has 0 heterocycles. The molecule has 1 saturated carbocycles. The van der Waals surface area contributed by atoms with Crippen LogP contribution in [0.3, 0.4) is 0 Å². The van der Waals surface area contributed by atoms with Crippen LogP contribution in [0, 0.1) is 11.6 Å². The Labute approximate surface area is 121 Å². The van der Waals surface area contributed by atoms with Gasteiger partial charge >= 0.3 is 5.97 Å². The molecule has 1 unspecified atom stereocenters. The van der Waals surface area contributed by atoms with Gasteiger partial charge in [0.25, 0.3) is 0 Å². The van der Waals surface area contributed by atoms with Crippen molar-refractivity contribution in [1.82, 2.24) is 0 Å². The predicted octanol–water partition coefficient (Wildman–Crippen LogP) is 4.25. The quantitative estimate of drug-likeness (QED) is 0.844. The van der Waals surface area contributed by atoms with Crippen LogP contribution in [-0.4, -0.2) is 16.5 Å². The zero-order valence-corrected chi connectivity index (χ0v) is 11.8. The molecule has 1 N–H and O–H groups in total. The average molecular weight is 303 g/mol. The largest absolute Gasteiger partial charge is 0.480 e. The van der Waals surface area contributed by atoms with E-state index in [1.54, 1.807) is 0 Å². The van der Waals surface area contributed by atoms with Crippen molar-refractivity contribution in [3.8, 4) is 0 Å². The summed E-state index contributed by atoms with van der Waals surface area (Å²) in [6.45, 7) is 0. The number of carboxylic acids is 1. The van der Waals surface area contributed by atoms with Crippen LogP contribution in [0.5, 0.6) is 0 Å². The Hall–Kier alpha value is -1.16. The maximum Gasteiger partial charge on any atom is 0.321 e. The second-order valence-electron chi connectivity index (χ2n) is 5.32. The first-order valence-corrected chi connectivity index (χ1v) is 7.27. The van der Waals surface area contributed by atoms with Crippen LogP contribution < -0.4 is 0 Å². The first kappa shape index (κ1) is 15.2. The number of benzene rings is 1. The highest BCUT2D eigenvalue weighted by Crippen LogP contribution is 2.36. The van der Waals surface area contributed by atoms with Gasteiger partial charge < -0.3 is 5.11 Å². The molecule has 1 fully saturated rings. The molecule has 0 saturated heterocycles. The van der Waals surface area contributed by atoms with E-state index in [2.05, 4.69) is 0 Å². The Morgan fingerprint density at radius 1 is 1.25 bits per heavy atom. The van der Waals surface area contributed by atoms with Crippen molar-refractivity contribution in [2.24, 2.45) is 0 Å². The molecular weight excluding hydrogens is 286 g/mol. The average Bonchev–Trinajstić information content (AvgIpc) is 2.39. The van der Waals surface area contributed by atoms with Gasteiger partial charge in [-0.3, -0.25) is 4.79 Å². The second-order valence-corrected chi connectivity index (χ2v) is 5.84. The fraction of sp³-hybridized carbons (Fsp3) is 0.533. The normalized spacial score (nSPS) is 17.9. The monoisotopic (exact) mass is 302 g/mol. The summed E-state index contributed by atoms with van der Waals surface area (Å²) < 4.78 is 28.2.